The fourth-order valence-electron chi connectivity index (χ4n) is 2.17. The van der Waals surface area contributed by atoms with Crippen LogP contribution in [0.2, 0.25) is 5.02 Å². The lowest BCUT2D eigenvalue weighted by molar-refractivity contribution is 0.306. The summed E-state index contributed by atoms with van der Waals surface area (Å²) in [6, 6.07) is 14.5. The minimum absolute atomic E-state index is 0.358. The number of aryl methyl sites for hydroxylation is 1. The van der Waals surface area contributed by atoms with E-state index in [-0.39, 0.29) is 5.63 Å². The molecule has 0 amide bonds. The standard InChI is InChI=1S/C17H13ClO3/c1-11-8-17(19)21-16-9-13(6-7-14(11)16)20-10-12-4-2-3-5-15(12)18/h2-9H,10H2,1H3. The van der Waals surface area contributed by atoms with Crippen LogP contribution in [-0.4, -0.2) is 0 Å². The maximum atomic E-state index is 11.4. The number of hydrogen-bond donors (Lipinski definition) is 0. The molecular formula is C17H13ClO3. The molecule has 1 aromatic heterocycles. The van der Waals surface area contributed by atoms with Crippen molar-refractivity contribution in [3.63, 3.8) is 0 Å². The largest absolute Gasteiger partial charge is 0.489 e. The maximum Gasteiger partial charge on any atom is 0.336 e. The molecule has 3 rings (SSSR count). The molecule has 0 bridgehead atoms. The second kappa shape index (κ2) is 5.62. The molecule has 4 heteroatoms. The zero-order valence-corrected chi connectivity index (χ0v) is 12.2. The Morgan fingerprint density at radius 1 is 1.14 bits per heavy atom. The van der Waals surface area contributed by atoms with Crippen LogP contribution in [0.4, 0.5) is 0 Å². The molecule has 0 radical (unpaired) electrons. The lowest BCUT2D eigenvalue weighted by Crippen LogP contribution is -1.99. The summed E-state index contributed by atoms with van der Waals surface area (Å²) in [5, 5.41) is 1.57. The van der Waals surface area contributed by atoms with Crippen LogP contribution >= 0.6 is 11.6 Å². The summed E-state index contributed by atoms with van der Waals surface area (Å²) in [4.78, 5) is 11.4. The molecule has 0 spiro atoms. The smallest absolute Gasteiger partial charge is 0.336 e. The van der Waals surface area contributed by atoms with E-state index in [2.05, 4.69) is 0 Å². The normalized spacial score (nSPS) is 10.8. The third kappa shape index (κ3) is 2.93. The minimum Gasteiger partial charge on any atom is -0.489 e. The highest BCUT2D eigenvalue weighted by Gasteiger charge is 2.05. The van der Waals surface area contributed by atoms with Crippen molar-refractivity contribution in [2.75, 3.05) is 0 Å². The number of halogens is 1. The number of benzene rings is 2. The lowest BCUT2D eigenvalue weighted by Gasteiger charge is -2.08. The van der Waals surface area contributed by atoms with Crippen molar-refractivity contribution in [1.29, 1.82) is 0 Å². The van der Waals surface area contributed by atoms with Crippen LogP contribution in [0.25, 0.3) is 11.0 Å². The average Bonchev–Trinajstić information content (AvgIpc) is 2.46. The van der Waals surface area contributed by atoms with Crippen molar-refractivity contribution in [2.24, 2.45) is 0 Å². The quantitative estimate of drug-likeness (QED) is 0.676. The van der Waals surface area contributed by atoms with Crippen molar-refractivity contribution in [1.82, 2.24) is 0 Å². The number of ether oxygens (including phenoxy) is 1. The van der Waals surface area contributed by atoms with Gasteiger partial charge in [0, 0.05) is 28.1 Å². The fraction of sp³-hybridized carbons (Fsp3) is 0.118. The maximum absolute atomic E-state index is 11.4. The van der Waals surface area contributed by atoms with E-state index < -0.39 is 0 Å². The lowest BCUT2D eigenvalue weighted by atomic mass is 10.1. The Hall–Kier alpha value is -2.26. The van der Waals surface area contributed by atoms with Gasteiger partial charge in [-0.2, -0.15) is 0 Å². The number of fused-ring (bicyclic) bond motifs is 1. The highest BCUT2D eigenvalue weighted by atomic mass is 35.5. The molecule has 0 aliphatic rings. The van der Waals surface area contributed by atoms with E-state index in [4.69, 9.17) is 20.8 Å². The summed E-state index contributed by atoms with van der Waals surface area (Å²) in [6.07, 6.45) is 0. The van der Waals surface area contributed by atoms with E-state index in [0.29, 0.717) is 23.0 Å². The first kappa shape index (κ1) is 13.7. The topological polar surface area (TPSA) is 39.4 Å². The molecule has 0 aliphatic carbocycles. The monoisotopic (exact) mass is 300 g/mol. The van der Waals surface area contributed by atoms with Gasteiger partial charge in [0.2, 0.25) is 0 Å². The highest BCUT2D eigenvalue weighted by molar-refractivity contribution is 6.31. The molecule has 2 aromatic carbocycles. The van der Waals surface area contributed by atoms with Crippen LogP contribution in [0.1, 0.15) is 11.1 Å². The van der Waals surface area contributed by atoms with Gasteiger partial charge in [0.15, 0.2) is 0 Å². The zero-order chi connectivity index (χ0) is 14.8. The molecule has 0 N–H and O–H groups in total. The van der Waals surface area contributed by atoms with E-state index in [1.54, 1.807) is 6.07 Å². The van der Waals surface area contributed by atoms with Gasteiger partial charge in [0.25, 0.3) is 0 Å². The summed E-state index contributed by atoms with van der Waals surface area (Å²) in [5.41, 5.74) is 1.96. The van der Waals surface area contributed by atoms with Gasteiger partial charge < -0.3 is 9.15 Å². The van der Waals surface area contributed by atoms with Crippen LogP contribution in [0, 0.1) is 6.92 Å². The van der Waals surface area contributed by atoms with Gasteiger partial charge >= 0.3 is 5.63 Å². The van der Waals surface area contributed by atoms with Crippen LogP contribution in [0.3, 0.4) is 0 Å². The first-order chi connectivity index (χ1) is 10.1. The Labute approximate surface area is 126 Å². The molecule has 0 saturated heterocycles. The summed E-state index contributed by atoms with van der Waals surface area (Å²) in [5.74, 6) is 0.635. The van der Waals surface area contributed by atoms with Crippen LogP contribution < -0.4 is 10.4 Å². The summed E-state index contributed by atoms with van der Waals surface area (Å²) in [6.45, 7) is 2.24. The Morgan fingerprint density at radius 2 is 1.95 bits per heavy atom. The molecule has 3 aromatic rings. The second-order valence-corrected chi connectivity index (χ2v) is 5.19. The molecule has 0 saturated carbocycles. The SMILES string of the molecule is Cc1cc(=O)oc2cc(OCc3ccccc3Cl)ccc12. The van der Waals surface area contributed by atoms with Crippen molar-refractivity contribution >= 4 is 22.6 Å². The molecule has 3 nitrogen and oxygen atoms in total. The first-order valence-electron chi connectivity index (χ1n) is 6.54. The van der Waals surface area contributed by atoms with Gasteiger partial charge in [-0.1, -0.05) is 29.8 Å². The first-order valence-corrected chi connectivity index (χ1v) is 6.92. The van der Waals surface area contributed by atoms with Crippen molar-refractivity contribution in [3.05, 3.63) is 75.1 Å². The van der Waals surface area contributed by atoms with Crippen LogP contribution in [0.5, 0.6) is 5.75 Å². The number of hydrogen-bond acceptors (Lipinski definition) is 3. The van der Waals surface area contributed by atoms with Crippen LogP contribution in [-0.2, 0) is 6.61 Å². The average molecular weight is 301 g/mol. The predicted octanol–water partition coefficient (Wildman–Crippen LogP) is 4.33. The van der Waals surface area contributed by atoms with E-state index >= 15 is 0 Å². The minimum atomic E-state index is -0.358. The zero-order valence-electron chi connectivity index (χ0n) is 11.4. The Bertz CT molecular complexity index is 852. The Kier molecular flexibility index (Phi) is 3.67. The Morgan fingerprint density at radius 3 is 2.76 bits per heavy atom. The molecule has 1 heterocycles. The van der Waals surface area contributed by atoms with Crippen molar-refractivity contribution < 1.29 is 9.15 Å². The van der Waals surface area contributed by atoms with Gasteiger partial charge in [-0.3, -0.25) is 0 Å². The molecule has 0 aliphatic heterocycles. The van der Waals surface area contributed by atoms with Gasteiger partial charge in [-0.15, -0.1) is 0 Å². The van der Waals surface area contributed by atoms with Gasteiger partial charge in [-0.25, -0.2) is 4.79 Å². The van der Waals surface area contributed by atoms with E-state index in [1.165, 1.54) is 6.07 Å². The molecule has 21 heavy (non-hydrogen) atoms. The highest BCUT2D eigenvalue weighted by Crippen LogP contribution is 2.24. The second-order valence-electron chi connectivity index (χ2n) is 4.79. The summed E-state index contributed by atoms with van der Waals surface area (Å²) < 4.78 is 10.9. The molecule has 0 atom stereocenters. The molecule has 0 unspecified atom stereocenters. The van der Waals surface area contributed by atoms with E-state index in [9.17, 15) is 4.79 Å². The molecule has 106 valence electrons. The predicted molar refractivity (Wildman–Crippen MR) is 83.0 cm³/mol. The summed E-state index contributed by atoms with van der Waals surface area (Å²) in [7, 11) is 0. The molecule has 0 fully saturated rings. The molecular weight excluding hydrogens is 288 g/mol. The van der Waals surface area contributed by atoms with Crippen LogP contribution in [0.15, 0.2) is 57.7 Å². The van der Waals surface area contributed by atoms with E-state index in [1.807, 2.05) is 43.3 Å². The number of rotatable bonds is 3. The third-order valence-corrected chi connectivity index (χ3v) is 3.64. The van der Waals surface area contributed by atoms with Gasteiger partial charge in [-0.05, 0) is 30.7 Å². The fourth-order valence-corrected chi connectivity index (χ4v) is 2.36. The third-order valence-electron chi connectivity index (χ3n) is 3.28. The van der Waals surface area contributed by atoms with Gasteiger partial charge in [0.05, 0.1) is 0 Å². The summed E-state index contributed by atoms with van der Waals surface area (Å²) >= 11 is 6.09. The van der Waals surface area contributed by atoms with E-state index in [0.717, 1.165) is 16.5 Å². The van der Waals surface area contributed by atoms with Crippen molar-refractivity contribution in [2.45, 2.75) is 13.5 Å². The Balaban J connectivity index is 1.88. The van der Waals surface area contributed by atoms with Crippen molar-refractivity contribution in [3.8, 4) is 5.75 Å². The van der Waals surface area contributed by atoms with Gasteiger partial charge in [0.1, 0.15) is 17.9 Å².